The number of rotatable bonds is 0. The Morgan fingerprint density at radius 1 is 1.26 bits per heavy atom. The molecule has 0 N–H and O–H groups in total. The minimum absolute atomic E-state index is 0.119. The SMILES string of the molecule is CN1C(=O)C2(CCC2)Cc2c1cnc1ccccc21. The average molecular weight is 252 g/mol. The third kappa shape index (κ3) is 1.33. The molecule has 0 saturated heterocycles. The lowest BCUT2D eigenvalue weighted by Crippen LogP contribution is -2.51. The number of carbonyl (C=O) groups is 1. The van der Waals surface area contributed by atoms with E-state index in [1.165, 1.54) is 17.4 Å². The number of aromatic nitrogens is 1. The highest BCUT2D eigenvalue weighted by Gasteiger charge is 2.49. The number of fused-ring (bicyclic) bond motifs is 3. The average Bonchev–Trinajstić information content (AvgIpc) is 2.40. The van der Waals surface area contributed by atoms with Crippen LogP contribution < -0.4 is 4.90 Å². The minimum atomic E-state index is -0.119. The molecule has 0 bridgehead atoms. The van der Waals surface area contributed by atoms with E-state index in [0.717, 1.165) is 30.5 Å². The lowest BCUT2D eigenvalue weighted by molar-refractivity contribution is -0.133. The van der Waals surface area contributed by atoms with Gasteiger partial charge in [0.05, 0.1) is 22.8 Å². The van der Waals surface area contributed by atoms with Gasteiger partial charge in [-0.05, 0) is 30.9 Å². The molecule has 2 heterocycles. The highest BCUT2D eigenvalue weighted by Crippen LogP contribution is 2.50. The van der Waals surface area contributed by atoms with E-state index in [0.29, 0.717) is 0 Å². The van der Waals surface area contributed by atoms with Gasteiger partial charge in [-0.3, -0.25) is 9.78 Å². The summed E-state index contributed by atoms with van der Waals surface area (Å²) in [6.45, 7) is 0. The number of carbonyl (C=O) groups excluding carboxylic acids is 1. The Bertz CT molecular complexity index is 688. The molecule has 3 heteroatoms. The van der Waals surface area contributed by atoms with Gasteiger partial charge in [-0.25, -0.2) is 0 Å². The number of nitrogens with zero attached hydrogens (tertiary/aromatic N) is 2. The number of amides is 1. The van der Waals surface area contributed by atoms with E-state index in [1.807, 2.05) is 36.3 Å². The van der Waals surface area contributed by atoms with Gasteiger partial charge in [-0.2, -0.15) is 0 Å². The molecule has 1 aliphatic heterocycles. The zero-order valence-corrected chi connectivity index (χ0v) is 11.0. The fraction of sp³-hybridized carbons (Fsp3) is 0.375. The second kappa shape index (κ2) is 3.56. The molecule has 1 spiro atoms. The summed E-state index contributed by atoms with van der Waals surface area (Å²) in [5.41, 5.74) is 3.19. The van der Waals surface area contributed by atoms with Crippen molar-refractivity contribution in [3.05, 3.63) is 36.0 Å². The van der Waals surface area contributed by atoms with Crippen molar-refractivity contribution >= 4 is 22.5 Å². The van der Waals surface area contributed by atoms with Crippen LogP contribution in [0.4, 0.5) is 5.69 Å². The van der Waals surface area contributed by atoms with Crippen LogP contribution in [0.2, 0.25) is 0 Å². The number of anilines is 1. The zero-order chi connectivity index (χ0) is 13.0. The Kier molecular flexibility index (Phi) is 2.06. The topological polar surface area (TPSA) is 33.2 Å². The number of hydrogen-bond acceptors (Lipinski definition) is 2. The number of pyridine rings is 1. The number of hydrogen-bond donors (Lipinski definition) is 0. The van der Waals surface area contributed by atoms with Crippen LogP contribution in [0.25, 0.3) is 10.9 Å². The molecule has 0 unspecified atom stereocenters. The summed E-state index contributed by atoms with van der Waals surface area (Å²) in [5, 5.41) is 1.20. The Labute approximate surface area is 112 Å². The van der Waals surface area contributed by atoms with E-state index in [2.05, 4.69) is 11.1 Å². The quantitative estimate of drug-likeness (QED) is 0.722. The van der Waals surface area contributed by atoms with E-state index in [1.54, 1.807) is 0 Å². The van der Waals surface area contributed by atoms with Crippen LogP contribution in [-0.4, -0.2) is 17.9 Å². The van der Waals surface area contributed by atoms with Crippen LogP contribution in [0.5, 0.6) is 0 Å². The van der Waals surface area contributed by atoms with Crippen molar-refractivity contribution in [2.45, 2.75) is 25.7 Å². The molecule has 96 valence electrons. The maximum absolute atomic E-state index is 12.5. The molecule has 3 nitrogen and oxygen atoms in total. The molecule has 1 aromatic heterocycles. The first-order valence-corrected chi connectivity index (χ1v) is 6.86. The normalized spacial score (nSPS) is 20.5. The molecule has 1 aliphatic carbocycles. The fourth-order valence-corrected chi connectivity index (χ4v) is 3.54. The molecule has 1 saturated carbocycles. The van der Waals surface area contributed by atoms with Gasteiger partial charge in [-0.1, -0.05) is 24.6 Å². The van der Waals surface area contributed by atoms with Gasteiger partial charge in [0, 0.05) is 12.4 Å². The maximum Gasteiger partial charge on any atom is 0.233 e. The molecule has 0 radical (unpaired) electrons. The molecule has 2 aliphatic rings. The van der Waals surface area contributed by atoms with Crippen LogP contribution in [0.1, 0.15) is 24.8 Å². The molecule has 19 heavy (non-hydrogen) atoms. The first kappa shape index (κ1) is 11.0. The fourth-order valence-electron chi connectivity index (χ4n) is 3.54. The van der Waals surface area contributed by atoms with Crippen LogP contribution in [0, 0.1) is 5.41 Å². The highest BCUT2D eigenvalue weighted by molar-refractivity contribution is 6.03. The summed E-state index contributed by atoms with van der Waals surface area (Å²) in [6, 6.07) is 8.23. The van der Waals surface area contributed by atoms with Gasteiger partial charge >= 0.3 is 0 Å². The summed E-state index contributed by atoms with van der Waals surface area (Å²) in [5.74, 6) is 0.281. The second-order valence-corrected chi connectivity index (χ2v) is 5.81. The predicted octanol–water partition coefficient (Wildman–Crippen LogP) is 2.92. The van der Waals surface area contributed by atoms with Crippen LogP contribution in [-0.2, 0) is 11.2 Å². The lowest BCUT2D eigenvalue weighted by Gasteiger charge is -2.47. The van der Waals surface area contributed by atoms with E-state index in [-0.39, 0.29) is 11.3 Å². The molecule has 4 rings (SSSR count). The molecule has 2 aromatic rings. The second-order valence-electron chi connectivity index (χ2n) is 5.81. The summed E-state index contributed by atoms with van der Waals surface area (Å²) in [4.78, 5) is 18.8. The third-order valence-electron chi connectivity index (χ3n) is 4.81. The first-order chi connectivity index (χ1) is 9.21. The van der Waals surface area contributed by atoms with Crippen molar-refractivity contribution in [3.8, 4) is 0 Å². The van der Waals surface area contributed by atoms with Crippen molar-refractivity contribution in [3.63, 3.8) is 0 Å². The van der Waals surface area contributed by atoms with E-state index in [9.17, 15) is 4.79 Å². The van der Waals surface area contributed by atoms with Crippen molar-refractivity contribution in [1.29, 1.82) is 0 Å². The van der Waals surface area contributed by atoms with Gasteiger partial charge in [-0.15, -0.1) is 0 Å². The van der Waals surface area contributed by atoms with E-state index >= 15 is 0 Å². The maximum atomic E-state index is 12.5. The molecule has 1 fully saturated rings. The Morgan fingerprint density at radius 3 is 2.79 bits per heavy atom. The van der Waals surface area contributed by atoms with Crippen molar-refractivity contribution in [2.75, 3.05) is 11.9 Å². The summed E-state index contributed by atoms with van der Waals surface area (Å²) >= 11 is 0. The molecule has 0 atom stereocenters. The van der Waals surface area contributed by atoms with Crippen molar-refractivity contribution < 1.29 is 4.79 Å². The standard InChI is InChI=1S/C16H16N2O/c1-18-14-10-17-13-6-3-2-5-11(13)12(14)9-16(15(18)19)7-4-8-16/h2-3,5-6,10H,4,7-9H2,1H3. The summed E-state index contributed by atoms with van der Waals surface area (Å²) in [7, 11) is 1.89. The van der Waals surface area contributed by atoms with Crippen LogP contribution >= 0.6 is 0 Å². The lowest BCUT2D eigenvalue weighted by atomic mass is 9.62. The zero-order valence-electron chi connectivity index (χ0n) is 11.0. The van der Waals surface area contributed by atoms with Gasteiger partial charge < -0.3 is 4.90 Å². The van der Waals surface area contributed by atoms with Gasteiger partial charge in [0.25, 0.3) is 0 Å². The number of benzene rings is 1. The highest BCUT2D eigenvalue weighted by atomic mass is 16.2. The Morgan fingerprint density at radius 2 is 2.05 bits per heavy atom. The van der Waals surface area contributed by atoms with Crippen molar-refractivity contribution in [2.24, 2.45) is 5.41 Å². The molecular formula is C16H16N2O. The molecular weight excluding hydrogens is 236 g/mol. The summed E-state index contributed by atoms with van der Waals surface area (Å²) in [6.07, 6.45) is 5.98. The largest absolute Gasteiger partial charge is 0.313 e. The third-order valence-corrected chi connectivity index (χ3v) is 4.81. The minimum Gasteiger partial charge on any atom is -0.313 e. The Hall–Kier alpha value is -1.90. The van der Waals surface area contributed by atoms with Gasteiger partial charge in [0.1, 0.15) is 0 Å². The van der Waals surface area contributed by atoms with E-state index in [4.69, 9.17) is 0 Å². The smallest absolute Gasteiger partial charge is 0.233 e. The van der Waals surface area contributed by atoms with Gasteiger partial charge in [0.15, 0.2) is 0 Å². The predicted molar refractivity (Wildman–Crippen MR) is 75.1 cm³/mol. The summed E-state index contributed by atoms with van der Waals surface area (Å²) < 4.78 is 0. The van der Waals surface area contributed by atoms with Gasteiger partial charge in [0.2, 0.25) is 5.91 Å². The van der Waals surface area contributed by atoms with Crippen LogP contribution in [0.15, 0.2) is 30.5 Å². The van der Waals surface area contributed by atoms with E-state index < -0.39 is 0 Å². The molecule has 1 aromatic carbocycles. The van der Waals surface area contributed by atoms with Crippen LogP contribution in [0.3, 0.4) is 0 Å². The Balaban J connectivity index is 1.98. The number of para-hydroxylation sites is 1. The monoisotopic (exact) mass is 252 g/mol. The van der Waals surface area contributed by atoms with Crippen molar-refractivity contribution in [1.82, 2.24) is 4.98 Å². The first-order valence-electron chi connectivity index (χ1n) is 6.86. The molecule has 1 amide bonds.